The van der Waals surface area contributed by atoms with E-state index in [0.29, 0.717) is 0 Å². The topological polar surface area (TPSA) is 22.4 Å². The molecule has 0 saturated carbocycles. The van der Waals surface area contributed by atoms with Gasteiger partial charge in [-0.05, 0) is 46.5 Å². The van der Waals surface area contributed by atoms with Crippen LogP contribution < -0.4 is 4.74 Å². The molecule has 0 atom stereocenters. The Morgan fingerprint density at radius 2 is 1.12 bits per heavy atom. The third kappa shape index (κ3) is 2.35. The van der Waals surface area contributed by atoms with E-state index in [0.717, 1.165) is 28.4 Å². The van der Waals surface area contributed by atoms with Gasteiger partial charge >= 0.3 is 0 Å². The van der Waals surface area contributed by atoms with Crippen molar-refractivity contribution in [2.24, 2.45) is 0 Å². The number of ether oxygens (including phenoxy) is 1. The summed E-state index contributed by atoms with van der Waals surface area (Å²) in [5.41, 5.74) is 8.13. The van der Waals surface area contributed by atoms with Gasteiger partial charge in [0.1, 0.15) is 17.3 Å². The summed E-state index contributed by atoms with van der Waals surface area (Å²) in [6.45, 7) is 4.67. The first kappa shape index (κ1) is 19.4. The Bertz CT molecular complexity index is 1510. The van der Waals surface area contributed by atoms with E-state index in [1.807, 2.05) is 12.1 Å². The lowest BCUT2D eigenvalue weighted by molar-refractivity contribution is 0.425. The maximum absolute atomic E-state index is 6.58. The van der Waals surface area contributed by atoms with Gasteiger partial charge in [0, 0.05) is 22.1 Å². The van der Waals surface area contributed by atoms with Crippen LogP contribution in [0, 0.1) is 0 Å². The number of hydrogen-bond acceptors (Lipinski definition) is 2. The van der Waals surface area contributed by atoms with Gasteiger partial charge in [-0.1, -0.05) is 92.7 Å². The predicted octanol–water partition coefficient (Wildman–Crippen LogP) is 8.07. The van der Waals surface area contributed by atoms with Gasteiger partial charge in [0.15, 0.2) is 0 Å². The lowest BCUT2D eigenvalue weighted by Crippen LogP contribution is -2.43. The molecular weight excluding hydrogens is 416 g/mol. The maximum Gasteiger partial charge on any atom is 0.133 e. The quantitative estimate of drug-likeness (QED) is 0.258. The standard InChI is InChI=1S/C32H24O2/c1-31(2)22-10-3-5-12-24(22)32(25-13-6-4-11-23(25)31)26-14-7-8-15-29(26)34-30-20-21(17-18-27(30)32)28-16-9-19-33-28/h3-20H,1-2H3. The second-order valence-electron chi connectivity index (χ2n) is 9.75. The number of benzene rings is 4. The van der Waals surface area contributed by atoms with Crippen LogP contribution in [0.15, 0.2) is 114 Å². The van der Waals surface area contributed by atoms with Crippen LogP contribution in [0.2, 0.25) is 0 Å². The zero-order valence-electron chi connectivity index (χ0n) is 19.2. The molecule has 0 radical (unpaired) electrons. The number of para-hydroxylation sites is 1. The van der Waals surface area contributed by atoms with Crippen molar-refractivity contribution >= 4 is 0 Å². The van der Waals surface area contributed by atoms with Crippen molar-refractivity contribution in [3.63, 3.8) is 0 Å². The molecule has 0 saturated heterocycles. The van der Waals surface area contributed by atoms with Crippen LogP contribution in [-0.4, -0.2) is 0 Å². The van der Waals surface area contributed by atoms with Crippen LogP contribution in [-0.2, 0) is 10.8 Å². The summed E-state index contributed by atoms with van der Waals surface area (Å²) in [6, 6.07) is 36.8. The summed E-state index contributed by atoms with van der Waals surface area (Å²) in [7, 11) is 0. The summed E-state index contributed by atoms with van der Waals surface area (Å²) < 4.78 is 12.3. The lowest BCUT2D eigenvalue weighted by atomic mass is 9.53. The van der Waals surface area contributed by atoms with Crippen LogP contribution >= 0.6 is 0 Å². The highest BCUT2D eigenvalue weighted by molar-refractivity contribution is 5.77. The minimum atomic E-state index is -0.464. The van der Waals surface area contributed by atoms with Crippen molar-refractivity contribution < 1.29 is 9.15 Å². The van der Waals surface area contributed by atoms with Crippen molar-refractivity contribution in [2.45, 2.75) is 24.7 Å². The summed E-state index contributed by atoms with van der Waals surface area (Å²) in [6.07, 6.45) is 1.71. The van der Waals surface area contributed by atoms with Crippen molar-refractivity contribution in [1.29, 1.82) is 0 Å². The Balaban J connectivity index is 1.65. The third-order valence-corrected chi connectivity index (χ3v) is 7.71. The molecule has 2 heteroatoms. The Labute approximate surface area is 199 Å². The molecule has 4 aromatic carbocycles. The Kier molecular flexibility index (Phi) is 3.85. The van der Waals surface area contributed by atoms with E-state index in [1.165, 1.54) is 27.8 Å². The summed E-state index contributed by atoms with van der Waals surface area (Å²) in [5, 5.41) is 0. The molecule has 0 N–H and O–H groups in total. The second kappa shape index (κ2) is 6.74. The molecule has 5 aromatic rings. The molecule has 7 rings (SSSR count). The van der Waals surface area contributed by atoms with Gasteiger partial charge < -0.3 is 9.15 Å². The molecule has 0 bridgehead atoms. The molecule has 0 unspecified atom stereocenters. The van der Waals surface area contributed by atoms with Gasteiger partial charge in [0.05, 0.1) is 11.7 Å². The van der Waals surface area contributed by atoms with E-state index in [-0.39, 0.29) is 5.41 Å². The summed E-state index contributed by atoms with van der Waals surface area (Å²) in [4.78, 5) is 0. The molecule has 34 heavy (non-hydrogen) atoms. The fourth-order valence-electron chi connectivity index (χ4n) is 6.22. The zero-order chi connectivity index (χ0) is 22.9. The highest BCUT2D eigenvalue weighted by Crippen LogP contribution is 2.61. The predicted molar refractivity (Wildman–Crippen MR) is 135 cm³/mol. The fourth-order valence-corrected chi connectivity index (χ4v) is 6.22. The molecule has 2 aliphatic rings. The molecule has 1 aliphatic heterocycles. The van der Waals surface area contributed by atoms with E-state index in [9.17, 15) is 0 Å². The van der Waals surface area contributed by atoms with Crippen molar-refractivity contribution in [3.8, 4) is 22.8 Å². The molecule has 2 heterocycles. The number of hydrogen-bond donors (Lipinski definition) is 0. The van der Waals surface area contributed by atoms with Crippen LogP contribution in [0.4, 0.5) is 0 Å². The molecule has 1 aliphatic carbocycles. The van der Waals surface area contributed by atoms with Crippen LogP contribution in [0.3, 0.4) is 0 Å². The third-order valence-electron chi connectivity index (χ3n) is 7.71. The van der Waals surface area contributed by atoms with Crippen LogP contribution in [0.5, 0.6) is 11.5 Å². The average molecular weight is 441 g/mol. The highest BCUT2D eigenvalue weighted by Gasteiger charge is 2.52. The minimum Gasteiger partial charge on any atom is -0.464 e. The van der Waals surface area contributed by atoms with Gasteiger partial charge in [-0.2, -0.15) is 0 Å². The van der Waals surface area contributed by atoms with Gasteiger partial charge in [-0.15, -0.1) is 0 Å². The molecular formula is C32H24O2. The zero-order valence-corrected chi connectivity index (χ0v) is 19.2. The second-order valence-corrected chi connectivity index (χ2v) is 9.75. The van der Waals surface area contributed by atoms with Crippen molar-refractivity contribution in [3.05, 3.63) is 143 Å². The molecule has 0 fully saturated rings. The van der Waals surface area contributed by atoms with E-state index < -0.39 is 5.41 Å². The number of fused-ring (bicyclic) bond motifs is 8. The first-order valence-corrected chi connectivity index (χ1v) is 11.8. The summed E-state index contributed by atoms with van der Waals surface area (Å²) in [5.74, 6) is 2.61. The smallest absolute Gasteiger partial charge is 0.133 e. The van der Waals surface area contributed by atoms with Crippen LogP contribution in [0.1, 0.15) is 47.2 Å². The van der Waals surface area contributed by atoms with Crippen molar-refractivity contribution in [2.75, 3.05) is 0 Å². The average Bonchev–Trinajstić information content (AvgIpc) is 3.42. The van der Waals surface area contributed by atoms with Crippen molar-refractivity contribution in [1.82, 2.24) is 0 Å². The first-order chi connectivity index (χ1) is 16.6. The van der Waals surface area contributed by atoms with E-state index in [2.05, 4.69) is 105 Å². The van der Waals surface area contributed by atoms with E-state index in [4.69, 9.17) is 9.15 Å². The number of furan rings is 1. The Hall–Kier alpha value is -4.04. The van der Waals surface area contributed by atoms with Gasteiger partial charge in [0.25, 0.3) is 0 Å². The van der Waals surface area contributed by atoms with E-state index >= 15 is 0 Å². The lowest BCUT2D eigenvalue weighted by Gasteiger charge is -2.50. The van der Waals surface area contributed by atoms with Crippen LogP contribution in [0.25, 0.3) is 11.3 Å². The normalized spacial score (nSPS) is 16.1. The molecule has 2 nitrogen and oxygen atoms in total. The molecule has 1 aromatic heterocycles. The largest absolute Gasteiger partial charge is 0.464 e. The minimum absolute atomic E-state index is 0.111. The van der Waals surface area contributed by atoms with Gasteiger partial charge in [-0.3, -0.25) is 0 Å². The fraction of sp³-hybridized carbons (Fsp3) is 0.125. The summed E-state index contributed by atoms with van der Waals surface area (Å²) >= 11 is 0. The highest BCUT2D eigenvalue weighted by atomic mass is 16.5. The maximum atomic E-state index is 6.58. The van der Waals surface area contributed by atoms with E-state index in [1.54, 1.807) is 6.26 Å². The molecule has 0 amide bonds. The van der Waals surface area contributed by atoms with Gasteiger partial charge in [0.2, 0.25) is 0 Å². The Morgan fingerprint density at radius 3 is 1.76 bits per heavy atom. The SMILES string of the molecule is CC1(C)c2ccccc2C2(c3ccccc3Oc3cc(-c4ccco4)ccc32)c2ccccc21. The number of rotatable bonds is 1. The monoisotopic (exact) mass is 440 g/mol. The van der Waals surface area contributed by atoms with Gasteiger partial charge in [-0.25, -0.2) is 0 Å². The molecule has 1 spiro atoms. The molecule has 164 valence electrons. The first-order valence-electron chi connectivity index (χ1n) is 11.8. The Morgan fingerprint density at radius 1 is 0.529 bits per heavy atom.